The summed E-state index contributed by atoms with van der Waals surface area (Å²) >= 11 is 0. The highest BCUT2D eigenvalue weighted by atomic mass is 16.6. The van der Waals surface area contributed by atoms with E-state index in [4.69, 9.17) is 9.47 Å². The van der Waals surface area contributed by atoms with E-state index in [-0.39, 0.29) is 25.2 Å². The first-order valence-electron chi connectivity index (χ1n) is 24.4. The molecule has 0 saturated carbocycles. The molecule has 0 radical (unpaired) electrons. The van der Waals surface area contributed by atoms with Crippen molar-refractivity contribution in [3.63, 3.8) is 0 Å². The lowest BCUT2D eigenvalue weighted by Gasteiger charge is -2.15. The second-order valence-corrected chi connectivity index (χ2v) is 15.5. The Morgan fingerprint density at radius 3 is 1.05 bits per heavy atom. The van der Waals surface area contributed by atoms with E-state index >= 15 is 0 Å². The molecule has 346 valence electrons. The van der Waals surface area contributed by atoms with Gasteiger partial charge in [-0.1, -0.05) is 211 Å². The number of hydrogen-bond donors (Lipinski definition) is 1. The van der Waals surface area contributed by atoms with Gasteiger partial charge in [0.15, 0.2) is 6.10 Å². The van der Waals surface area contributed by atoms with E-state index in [9.17, 15) is 14.7 Å². The fourth-order valence-electron chi connectivity index (χ4n) is 6.00. The van der Waals surface area contributed by atoms with Gasteiger partial charge in [-0.2, -0.15) is 0 Å². The lowest BCUT2D eigenvalue weighted by Crippen LogP contribution is -2.28. The highest BCUT2D eigenvalue weighted by molar-refractivity contribution is 5.70. The molecule has 62 heavy (non-hydrogen) atoms. The third kappa shape index (κ3) is 48.4. The predicted molar refractivity (Wildman–Crippen MR) is 269 cm³/mol. The molecule has 0 bridgehead atoms. The second kappa shape index (κ2) is 51.1. The Balaban J connectivity index is 3.69. The van der Waals surface area contributed by atoms with E-state index < -0.39 is 6.10 Å². The Morgan fingerprint density at radius 1 is 0.387 bits per heavy atom. The number of allylic oxidation sites excluding steroid dienone is 24. The first kappa shape index (κ1) is 57.8. The Kier molecular flexibility index (Phi) is 47.7. The number of aliphatic hydroxyl groups excluding tert-OH is 1. The molecule has 1 atom stereocenters. The standard InChI is InChI=1S/C57H88O5/c1-3-5-7-9-11-12-13-14-15-16-17-18-19-20-21-22-23-24-25-26-27-28-29-30-31-32-33-34-35-36-37-38-39-40-41-42-43-44-46-48-50-52-57(60)62-55(53-58)54-61-56(59)51-49-47-45-10-8-6-4-2/h5,7,11-12,14-15,17-18,20-21,23-24,26-27,29-30,32-33,35-36,38-39,41-42,55,58H,3-4,6,8-10,13,16,19,22,25,28,31,34,37,40,43-54H2,1-2H3/b7-5-,12-11-,15-14-,18-17-,21-20-,24-23-,27-26-,30-29-,33-32-,36-35-,39-38-,42-41-. The van der Waals surface area contributed by atoms with Gasteiger partial charge in [0.05, 0.1) is 6.61 Å². The van der Waals surface area contributed by atoms with Crippen LogP contribution < -0.4 is 0 Å². The summed E-state index contributed by atoms with van der Waals surface area (Å²) in [6.07, 6.45) is 78.2. The minimum Gasteiger partial charge on any atom is -0.462 e. The van der Waals surface area contributed by atoms with Gasteiger partial charge in [-0.3, -0.25) is 9.59 Å². The van der Waals surface area contributed by atoms with Crippen LogP contribution in [0.4, 0.5) is 0 Å². The van der Waals surface area contributed by atoms with E-state index in [1.165, 1.54) is 25.7 Å². The molecule has 0 aliphatic heterocycles. The monoisotopic (exact) mass is 853 g/mol. The van der Waals surface area contributed by atoms with Crippen LogP contribution in [0.3, 0.4) is 0 Å². The van der Waals surface area contributed by atoms with Crippen molar-refractivity contribution in [2.24, 2.45) is 0 Å². The zero-order chi connectivity index (χ0) is 44.9. The maximum atomic E-state index is 12.2. The third-order valence-electron chi connectivity index (χ3n) is 9.65. The van der Waals surface area contributed by atoms with E-state index in [1.807, 2.05) is 0 Å². The van der Waals surface area contributed by atoms with Gasteiger partial charge in [0, 0.05) is 12.8 Å². The molecule has 0 fully saturated rings. The van der Waals surface area contributed by atoms with Crippen molar-refractivity contribution in [2.75, 3.05) is 13.2 Å². The number of esters is 2. The molecule has 1 unspecified atom stereocenters. The van der Waals surface area contributed by atoms with E-state index in [0.717, 1.165) is 128 Å². The number of unbranched alkanes of at least 4 members (excludes halogenated alkanes) is 10. The summed E-state index contributed by atoms with van der Waals surface area (Å²) in [7, 11) is 0. The van der Waals surface area contributed by atoms with Gasteiger partial charge < -0.3 is 14.6 Å². The first-order chi connectivity index (χ1) is 30.6. The smallest absolute Gasteiger partial charge is 0.306 e. The molecular formula is C57H88O5. The topological polar surface area (TPSA) is 72.8 Å². The summed E-state index contributed by atoms with van der Waals surface area (Å²) in [6, 6.07) is 0. The third-order valence-corrected chi connectivity index (χ3v) is 9.65. The zero-order valence-electron chi connectivity index (χ0n) is 39.3. The van der Waals surface area contributed by atoms with Gasteiger partial charge in [-0.25, -0.2) is 0 Å². The van der Waals surface area contributed by atoms with E-state index in [2.05, 4.69) is 160 Å². The van der Waals surface area contributed by atoms with Crippen molar-refractivity contribution < 1.29 is 24.2 Å². The summed E-state index contributed by atoms with van der Waals surface area (Å²) in [4.78, 5) is 24.1. The summed E-state index contributed by atoms with van der Waals surface area (Å²) < 4.78 is 10.5. The van der Waals surface area contributed by atoms with E-state index in [1.54, 1.807) is 0 Å². The van der Waals surface area contributed by atoms with Crippen LogP contribution >= 0.6 is 0 Å². The molecule has 0 rings (SSSR count). The highest BCUT2D eigenvalue weighted by Gasteiger charge is 2.16. The van der Waals surface area contributed by atoms with Crippen molar-refractivity contribution in [3.05, 3.63) is 146 Å². The molecule has 0 heterocycles. The van der Waals surface area contributed by atoms with Gasteiger partial charge in [-0.05, 0) is 103 Å². The largest absolute Gasteiger partial charge is 0.462 e. The van der Waals surface area contributed by atoms with Gasteiger partial charge in [0.2, 0.25) is 0 Å². The maximum Gasteiger partial charge on any atom is 0.306 e. The van der Waals surface area contributed by atoms with Gasteiger partial charge >= 0.3 is 11.9 Å². The molecule has 0 saturated heterocycles. The van der Waals surface area contributed by atoms with Crippen LogP contribution in [0.25, 0.3) is 0 Å². The van der Waals surface area contributed by atoms with Crippen molar-refractivity contribution in [1.29, 1.82) is 0 Å². The Hall–Kier alpha value is -4.22. The number of ether oxygens (including phenoxy) is 2. The predicted octanol–water partition coefficient (Wildman–Crippen LogP) is 16.3. The molecule has 0 aromatic heterocycles. The van der Waals surface area contributed by atoms with Crippen LogP contribution in [0.1, 0.15) is 181 Å². The molecule has 0 aliphatic rings. The van der Waals surface area contributed by atoms with Crippen molar-refractivity contribution in [3.8, 4) is 0 Å². The Labute approximate surface area is 380 Å². The normalized spacial score (nSPS) is 13.5. The lowest BCUT2D eigenvalue weighted by molar-refractivity contribution is -0.161. The van der Waals surface area contributed by atoms with Gasteiger partial charge in [0.1, 0.15) is 6.61 Å². The molecule has 0 spiro atoms. The minimum atomic E-state index is -0.791. The second-order valence-electron chi connectivity index (χ2n) is 15.5. The minimum absolute atomic E-state index is 0.0841. The van der Waals surface area contributed by atoms with Crippen LogP contribution in [0, 0.1) is 0 Å². The summed E-state index contributed by atoms with van der Waals surface area (Å²) in [5.41, 5.74) is 0. The van der Waals surface area contributed by atoms with Crippen LogP contribution in [-0.2, 0) is 19.1 Å². The molecule has 5 nitrogen and oxygen atoms in total. The molecule has 0 amide bonds. The quantitative estimate of drug-likeness (QED) is 0.0376. The summed E-state index contributed by atoms with van der Waals surface area (Å²) in [5.74, 6) is -0.640. The Bertz CT molecular complexity index is 1380. The number of rotatable bonds is 42. The maximum absolute atomic E-state index is 12.2. The average Bonchev–Trinajstić information content (AvgIpc) is 3.28. The number of carbonyl (C=O) groups is 2. The van der Waals surface area contributed by atoms with Gasteiger partial charge in [0.25, 0.3) is 0 Å². The SMILES string of the molecule is CC/C=C\C/C=C\C/C=C\C/C=C\C/C=C\C/C=C\C/C=C\C/C=C\C/C=C\C/C=C\C/C=C\C/C=C\CCCCCCC(=O)OC(CO)COC(=O)CCCCCCCCC. The van der Waals surface area contributed by atoms with Crippen LogP contribution in [-0.4, -0.2) is 36.4 Å². The van der Waals surface area contributed by atoms with Crippen molar-refractivity contribution >= 4 is 11.9 Å². The fourth-order valence-corrected chi connectivity index (χ4v) is 6.00. The number of aliphatic hydroxyl groups is 1. The molecule has 0 aromatic carbocycles. The molecule has 0 aliphatic carbocycles. The molecule has 0 aromatic rings. The highest BCUT2D eigenvalue weighted by Crippen LogP contribution is 2.11. The van der Waals surface area contributed by atoms with Crippen molar-refractivity contribution in [1.82, 2.24) is 0 Å². The van der Waals surface area contributed by atoms with Crippen LogP contribution in [0.15, 0.2) is 146 Å². The lowest BCUT2D eigenvalue weighted by atomic mass is 10.1. The van der Waals surface area contributed by atoms with Gasteiger partial charge in [-0.15, -0.1) is 0 Å². The molecule has 1 N–H and O–H groups in total. The van der Waals surface area contributed by atoms with E-state index in [0.29, 0.717) is 12.8 Å². The van der Waals surface area contributed by atoms with Crippen LogP contribution in [0.5, 0.6) is 0 Å². The molecule has 5 heteroatoms. The zero-order valence-corrected chi connectivity index (χ0v) is 39.3. The summed E-state index contributed by atoms with van der Waals surface area (Å²) in [5, 5.41) is 9.52. The Morgan fingerprint density at radius 2 is 0.694 bits per heavy atom. The van der Waals surface area contributed by atoms with Crippen molar-refractivity contribution in [2.45, 2.75) is 187 Å². The fraction of sp³-hybridized carbons (Fsp3) is 0.544. The average molecular weight is 853 g/mol. The molecular weight excluding hydrogens is 765 g/mol. The van der Waals surface area contributed by atoms with Crippen LogP contribution in [0.2, 0.25) is 0 Å². The number of carbonyl (C=O) groups excluding carboxylic acids is 2. The first-order valence-corrected chi connectivity index (χ1v) is 24.4. The number of hydrogen-bond acceptors (Lipinski definition) is 5. The summed E-state index contributed by atoms with van der Waals surface area (Å²) in [6.45, 7) is 3.93.